The average molecular weight is 181 g/mol. The van der Waals surface area contributed by atoms with Gasteiger partial charge in [0.15, 0.2) is 0 Å². The lowest BCUT2D eigenvalue weighted by Gasteiger charge is -2.30. The maximum absolute atomic E-state index is 4.52. The molecule has 0 fully saturated rings. The third-order valence-corrected chi connectivity index (χ3v) is 2.85. The Hall–Kier alpha value is -0.830. The van der Waals surface area contributed by atoms with Crippen molar-refractivity contribution in [2.45, 2.75) is 26.3 Å². The number of imidazole rings is 1. The Labute approximate surface area is 80.4 Å². The number of hydrogen-bond acceptors (Lipinski definition) is 2. The van der Waals surface area contributed by atoms with E-state index in [1.54, 1.807) is 0 Å². The van der Waals surface area contributed by atoms with Crippen molar-refractivity contribution in [3.05, 3.63) is 17.7 Å². The fraction of sp³-hybridized carbons (Fsp3) is 0.700. The molecule has 74 valence electrons. The normalized spacial score (nSPS) is 12.5. The van der Waals surface area contributed by atoms with Crippen molar-refractivity contribution in [1.82, 2.24) is 14.5 Å². The topological polar surface area (TPSA) is 21.1 Å². The first-order valence-electron chi connectivity index (χ1n) is 4.53. The molecule has 0 aliphatic carbocycles. The summed E-state index contributed by atoms with van der Waals surface area (Å²) in [5, 5.41) is 0. The highest BCUT2D eigenvalue weighted by Gasteiger charge is 2.25. The molecule has 0 unspecified atom stereocenters. The van der Waals surface area contributed by atoms with Gasteiger partial charge in [-0.05, 0) is 34.9 Å². The van der Waals surface area contributed by atoms with Crippen LogP contribution in [0.4, 0.5) is 0 Å². The van der Waals surface area contributed by atoms with Crippen molar-refractivity contribution in [2.75, 3.05) is 14.1 Å². The monoisotopic (exact) mass is 181 g/mol. The second kappa shape index (κ2) is 3.14. The fourth-order valence-corrected chi connectivity index (χ4v) is 1.08. The summed E-state index contributed by atoms with van der Waals surface area (Å²) < 4.78 is 2.06. The minimum absolute atomic E-state index is 0.00597. The Morgan fingerprint density at radius 3 is 2.23 bits per heavy atom. The Kier molecular flexibility index (Phi) is 2.48. The van der Waals surface area contributed by atoms with Gasteiger partial charge in [-0.25, -0.2) is 4.98 Å². The quantitative estimate of drug-likeness (QED) is 0.690. The van der Waals surface area contributed by atoms with Crippen LogP contribution < -0.4 is 0 Å². The van der Waals surface area contributed by atoms with Crippen LogP contribution in [-0.2, 0) is 12.6 Å². The Bertz CT molecular complexity index is 278. The number of rotatable bonds is 2. The van der Waals surface area contributed by atoms with Crippen molar-refractivity contribution in [3.63, 3.8) is 0 Å². The summed E-state index contributed by atoms with van der Waals surface area (Å²) in [5.41, 5.74) is 1.13. The molecule has 0 saturated carbocycles. The zero-order chi connectivity index (χ0) is 10.2. The number of aromatic nitrogens is 2. The van der Waals surface area contributed by atoms with E-state index < -0.39 is 0 Å². The average Bonchev–Trinajstić information content (AvgIpc) is 2.32. The minimum Gasteiger partial charge on any atom is -0.338 e. The summed E-state index contributed by atoms with van der Waals surface area (Å²) in [7, 11) is 6.17. The van der Waals surface area contributed by atoms with Crippen LogP contribution in [-0.4, -0.2) is 28.5 Å². The van der Waals surface area contributed by atoms with E-state index in [0.29, 0.717) is 0 Å². The Morgan fingerprint density at radius 1 is 1.38 bits per heavy atom. The molecule has 1 aromatic heterocycles. The second-order valence-corrected chi connectivity index (χ2v) is 4.24. The molecule has 0 aromatic carbocycles. The van der Waals surface area contributed by atoms with Crippen LogP contribution in [0.25, 0.3) is 0 Å². The Morgan fingerprint density at radius 2 is 1.92 bits per heavy atom. The third-order valence-electron chi connectivity index (χ3n) is 2.85. The summed E-state index contributed by atoms with van der Waals surface area (Å²) in [4.78, 5) is 6.70. The van der Waals surface area contributed by atoms with Crippen LogP contribution in [0.1, 0.15) is 25.4 Å². The van der Waals surface area contributed by atoms with Gasteiger partial charge in [0.05, 0.1) is 11.2 Å². The smallest absolute Gasteiger partial charge is 0.105 e. The molecule has 1 aromatic rings. The molecule has 0 amide bonds. The van der Waals surface area contributed by atoms with Gasteiger partial charge >= 0.3 is 0 Å². The molecule has 1 rings (SSSR count). The Balaban J connectivity index is 3.07. The molecule has 0 spiro atoms. The molecule has 13 heavy (non-hydrogen) atoms. The predicted molar refractivity (Wildman–Crippen MR) is 54.7 cm³/mol. The first-order valence-corrected chi connectivity index (χ1v) is 4.53. The minimum atomic E-state index is 0.00597. The molecule has 0 aliphatic heterocycles. The number of aryl methyl sites for hydroxylation is 2. The van der Waals surface area contributed by atoms with E-state index in [4.69, 9.17) is 0 Å². The zero-order valence-electron chi connectivity index (χ0n) is 9.42. The summed E-state index contributed by atoms with van der Waals surface area (Å²) in [6.07, 6.45) is 2.09. The van der Waals surface area contributed by atoms with Gasteiger partial charge in [-0.15, -0.1) is 0 Å². The van der Waals surface area contributed by atoms with Gasteiger partial charge in [0.2, 0.25) is 0 Å². The van der Waals surface area contributed by atoms with Crippen molar-refractivity contribution < 1.29 is 0 Å². The van der Waals surface area contributed by atoms with Crippen LogP contribution in [0, 0.1) is 6.92 Å². The van der Waals surface area contributed by atoms with E-state index in [0.717, 1.165) is 11.5 Å². The lowest BCUT2D eigenvalue weighted by atomic mass is 10.0. The van der Waals surface area contributed by atoms with Crippen LogP contribution in [0.3, 0.4) is 0 Å². The molecule has 0 radical (unpaired) electrons. The second-order valence-electron chi connectivity index (χ2n) is 4.24. The molecule has 0 N–H and O–H groups in total. The van der Waals surface area contributed by atoms with Crippen LogP contribution in [0.5, 0.6) is 0 Å². The maximum Gasteiger partial charge on any atom is 0.105 e. The molecular weight excluding hydrogens is 162 g/mol. The first kappa shape index (κ1) is 10.3. The van der Waals surface area contributed by atoms with Gasteiger partial charge in [-0.3, -0.25) is 4.90 Å². The SMILES string of the molecule is Cc1nc(C(C)(C)N(C)C)cn1C. The van der Waals surface area contributed by atoms with Crippen LogP contribution in [0.2, 0.25) is 0 Å². The molecule has 0 atom stereocenters. The number of hydrogen-bond donors (Lipinski definition) is 0. The third kappa shape index (κ3) is 1.75. The zero-order valence-corrected chi connectivity index (χ0v) is 9.42. The van der Waals surface area contributed by atoms with Gasteiger partial charge in [0.1, 0.15) is 5.82 Å². The van der Waals surface area contributed by atoms with Gasteiger partial charge in [-0.2, -0.15) is 0 Å². The largest absolute Gasteiger partial charge is 0.338 e. The molecule has 0 aliphatic rings. The highest BCUT2D eigenvalue weighted by Crippen LogP contribution is 2.23. The lowest BCUT2D eigenvalue weighted by Crippen LogP contribution is -2.35. The predicted octanol–water partition coefficient (Wildman–Crippen LogP) is 1.53. The summed E-state index contributed by atoms with van der Waals surface area (Å²) in [5.74, 6) is 1.06. The highest BCUT2D eigenvalue weighted by molar-refractivity contribution is 5.12. The standard InChI is InChI=1S/C10H19N3/c1-8-11-9(7-13(8)6)10(2,3)12(4)5/h7H,1-6H3. The first-order chi connectivity index (χ1) is 5.85. The van der Waals surface area contributed by atoms with Crippen LogP contribution >= 0.6 is 0 Å². The highest BCUT2D eigenvalue weighted by atomic mass is 15.2. The molecular formula is C10H19N3. The van der Waals surface area contributed by atoms with Gasteiger partial charge in [0, 0.05) is 13.2 Å². The van der Waals surface area contributed by atoms with Crippen molar-refractivity contribution >= 4 is 0 Å². The molecule has 3 heteroatoms. The molecule has 3 nitrogen and oxygen atoms in total. The van der Waals surface area contributed by atoms with E-state index in [9.17, 15) is 0 Å². The summed E-state index contributed by atoms with van der Waals surface area (Å²) in [6.45, 7) is 6.37. The molecule has 0 bridgehead atoms. The van der Waals surface area contributed by atoms with Gasteiger partial charge in [-0.1, -0.05) is 0 Å². The van der Waals surface area contributed by atoms with Crippen molar-refractivity contribution in [2.24, 2.45) is 7.05 Å². The van der Waals surface area contributed by atoms with Crippen molar-refractivity contribution in [3.8, 4) is 0 Å². The van der Waals surface area contributed by atoms with E-state index in [1.807, 2.05) is 14.0 Å². The van der Waals surface area contributed by atoms with E-state index in [-0.39, 0.29) is 5.54 Å². The summed E-state index contributed by atoms with van der Waals surface area (Å²) >= 11 is 0. The van der Waals surface area contributed by atoms with Gasteiger partial charge in [0.25, 0.3) is 0 Å². The van der Waals surface area contributed by atoms with Crippen LogP contribution in [0.15, 0.2) is 6.20 Å². The van der Waals surface area contributed by atoms with E-state index in [1.165, 1.54) is 0 Å². The maximum atomic E-state index is 4.52. The summed E-state index contributed by atoms with van der Waals surface area (Å²) in [6, 6.07) is 0. The lowest BCUT2D eigenvalue weighted by molar-refractivity contribution is 0.192. The van der Waals surface area contributed by atoms with Gasteiger partial charge < -0.3 is 4.57 Å². The fourth-order valence-electron chi connectivity index (χ4n) is 1.08. The van der Waals surface area contributed by atoms with E-state index in [2.05, 4.69) is 48.6 Å². The molecule has 1 heterocycles. The van der Waals surface area contributed by atoms with Crippen molar-refractivity contribution in [1.29, 1.82) is 0 Å². The number of nitrogens with zero attached hydrogens (tertiary/aromatic N) is 3. The van der Waals surface area contributed by atoms with E-state index >= 15 is 0 Å². The molecule has 0 saturated heterocycles.